The number of benzene rings is 1. The van der Waals surface area contributed by atoms with Crippen LogP contribution >= 0.6 is 0 Å². The van der Waals surface area contributed by atoms with Crippen molar-refractivity contribution in [2.24, 2.45) is 5.73 Å². The van der Waals surface area contributed by atoms with Crippen molar-refractivity contribution in [1.82, 2.24) is 4.90 Å². The lowest BCUT2D eigenvalue weighted by atomic mass is 10.1. The number of amides is 1. The highest BCUT2D eigenvalue weighted by Crippen LogP contribution is 2.14. The number of rotatable bonds is 4. The maximum Gasteiger partial charge on any atom is 0.241 e. The van der Waals surface area contributed by atoms with E-state index in [1.54, 1.807) is 0 Å². The predicted molar refractivity (Wildman–Crippen MR) is 77.8 cm³/mol. The molecule has 2 rings (SSSR count). The molecule has 4 heteroatoms. The van der Waals surface area contributed by atoms with Crippen LogP contribution in [-0.4, -0.2) is 29.9 Å². The molecule has 104 valence electrons. The predicted octanol–water partition coefficient (Wildman–Crippen LogP) is 1.96. The third kappa shape index (κ3) is 3.78. The molecule has 0 spiro atoms. The molecule has 1 fully saturated rings. The smallest absolute Gasteiger partial charge is 0.241 e. The first-order chi connectivity index (χ1) is 9.20. The van der Waals surface area contributed by atoms with Crippen molar-refractivity contribution in [2.45, 2.75) is 38.8 Å². The largest absolute Gasteiger partial charge is 0.326 e. The number of likely N-dealkylation sites (tertiary alicyclic amines) is 1. The quantitative estimate of drug-likeness (QED) is 0.871. The lowest BCUT2D eigenvalue weighted by molar-refractivity contribution is -0.121. The lowest BCUT2D eigenvalue weighted by Gasteiger charge is -2.31. The Morgan fingerprint density at radius 3 is 2.47 bits per heavy atom. The van der Waals surface area contributed by atoms with Crippen LogP contribution in [0.15, 0.2) is 24.3 Å². The van der Waals surface area contributed by atoms with Gasteiger partial charge in [0.15, 0.2) is 0 Å². The summed E-state index contributed by atoms with van der Waals surface area (Å²) in [5, 5.41) is 2.97. The molecule has 1 amide bonds. The molecule has 1 aromatic rings. The zero-order chi connectivity index (χ0) is 13.7. The van der Waals surface area contributed by atoms with Crippen LogP contribution in [0.4, 0.5) is 5.69 Å². The maximum absolute atomic E-state index is 12.2. The summed E-state index contributed by atoms with van der Waals surface area (Å²) in [6.45, 7) is 4.56. The minimum Gasteiger partial charge on any atom is -0.326 e. The first kappa shape index (κ1) is 14.0. The molecule has 1 unspecified atom stereocenters. The third-order valence-electron chi connectivity index (χ3n) is 3.77. The minimum absolute atomic E-state index is 0.0607. The molecular formula is C15H23N3O. The van der Waals surface area contributed by atoms with E-state index < -0.39 is 0 Å². The molecule has 1 aliphatic rings. The number of nitrogens with two attached hydrogens (primary N) is 1. The number of carbonyl (C=O) groups is 1. The van der Waals surface area contributed by atoms with Gasteiger partial charge in [-0.15, -0.1) is 0 Å². The average Bonchev–Trinajstić information content (AvgIpc) is 2.48. The Kier molecular flexibility index (Phi) is 4.93. The maximum atomic E-state index is 12.2. The standard InChI is InChI=1S/C15H23N3O/c1-12(18-9-3-2-4-10-18)15(19)17-14-7-5-13(11-16)6-8-14/h5-8,12H,2-4,9-11,16H2,1H3,(H,17,19). The Hall–Kier alpha value is -1.39. The minimum atomic E-state index is -0.0607. The number of hydrogen-bond acceptors (Lipinski definition) is 3. The molecule has 0 radical (unpaired) electrons. The van der Waals surface area contributed by atoms with Gasteiger partial charge in [-0.2, -0.15) is 0 Å². The first-order valence-electron chi connectivity index (χ1n) is 7.04. The van der Waals surface area contributed by atoms with Gasteiger partial charge >= 0.3 is 0 Å². The molecule has 1 saturated heterocycles. The Bertz CT molecular complexity index is 410. The number of nitrogens with one attached hydrogen (secondary N) is 1. The first-order valence-corrected chi connectivity index (χ1v) is 7.04. The van der Waals surface area contributed by atoms with Crippen LogP contribution in [0.3, 0.4) is 0 Å². The van der Waals surface area contributed by atoms with E-state index in [4.69, 9.17) is 5.73 Å². The molecule has 0 bridgehead atoms. The van der Waals surface area contributed by atoms with E-state index in [2.05, 4.69) is 10.2 Å². The number of piperidine rings is 1. The van der Waals surface area contributed by atoms with E-state index >= 15 is 0 Å². The Morgan fingerprint density at radius 2 is 1.89 bits per heavy atom. The molecule has 1 atom stereocenters. The van der Waals surface area contributed by atoms with E-state index in [0.29, 0.717) is 6.54 Å². The molecule has 0 aliphatic carbocycles. The Morgan fingerprint density at radius 1 is 1.26 bits per heavy atom. The van der Waals surface area contributed by atoms with Crippen molar-refractivity contribution in [3.8, 4) is 0 Å². The van der Waals surface area contributed by atoms with E-state index in [1.165, 1.54) is 19.3 Å². The zero-order valence-corrected chi connectivity index (χ0v) is 11.6. The van der Waals surface area contributed by atoms with Crippen LogP contribution in [-0.2, 0) is 11.3 Å². The fourth-order valence-electron chi connectivity index (χ4n) is 2.44. The molecule has 4 nitrogen and oxygen atoms in total. The zero-order valence-electron chi connectivity index (χ0n) is 11.6. The summed E-state index contributed by atoms with van der Waals surface area (Å²) in [7, 11) is 0. The number of nitrogens with zero attached hydrogens (tertiary/aromatic N) is 1. The summed E-state index contributed by atoms with van der Waals surface area (Å²) in [6.07, 6.45) is 3.68. The molecule has 0 aromatic heterocycles. The summed E-state index contributed by atoms with van der Waals surface area (Å²) in [6, 6.07) is 7.64. The average molecular weight is 261 g/mol. The van der Waals surface area contributed by atoms with Crippen LogP contribution in [0.5, 0.6) is 0 Å². The van der Waals surface area contributed by atoms with Crippen LogP contribution in [0.1, 0.15) is 31.7 Å². The Balaban J connectivity index is 1.91. The van der Waals surface area contributed by atoms with Gasteiger partial charge in [0.1, 0.15) is 0 Å². The van der Waals surface area contributed by atoms with Crippen molar-refractivity contribution >= 4 is 11.6 Å². The summed E-state index contributed by atoms with van der Waals surface area (Å²) in [5.41, 5.74) is 7.46. The molecule has 19 heavy (non-hydrogen) atoms. The van der Waals surface area contributed by atoms with Crippen molar-refractivity contribution in [3.05, 3.63) is 29.8 Å². The SMILES string of the molecule is CC(C(=O)Nc1ccc(CN)cc1)N1CCCCC1. The van der Waals surface area contributed by atoms with E-state index in [0.717, 1.165) is 24.3 Å². The lowest BCUT2D eigenvalue weighted by Crippen LogP contribution is -2.44. The summed E-state index contributed by atoms with van der Waals surface area (Å²) >= 11 is 0. The van der Waals surface area contributed by atoms with E-state index in [1.807, 2.05) is 31.2 Å². The van der Waals surface area contributed by atoms with Gasteiger partial charge in [0, 0.05) is 12.2 Å². The van der Waals surface area contributed by atoms with Crippen molar-refractivity contribution in [2.75, 3.05) is 18.4 Å². The highest BCUT2D eigenvalue weighted by Gasteiger charge is 2.22. The van der Waals surface area contributed by atoms with Gasteiger partial charge in [0.05, 0.1) is 6.04 Å². The van der Waals surface area contributed by atoms with Gasteiger partial charge in [-0.3, -0.25) is 9.69 Å². The third-order valence-corrected chi connectivity index (χ3v) is 3.77. The Labute approximate surface area is 115 Å². The van der Waals surface area contributed by atoms with Crippen LogP contribution in [0, 0.1) is 0 Å². The molecule has 1 heterocycles. The van der Waals surface area contributed by atoms with Gasteiger partial charge in [-0.25, -0.2) is 0 Å². The molecular weight excluding hydrogens is 238 g/mol. The molecule has 0 saturated carbocycles. The van der Waals surface area contributed by atoms with Crippen LogP contribution in [0.2, 0.25) is 0 Å². The van der Waals surface area contributed by atoms with Crippen molar-refractivity contribution in [3.63, 3.8) is 0 Å². The molecule has 1 aliphatic heterocycles. The highest BCUT2D eigenvalue weighted by molar-refractivity contribution is 5.94. The summed E-state index contributed by atoms with van der Waals surface area (Å²) in [4.78, 5) is 14.4. The number of anilines is 1. The summed E-state index contributed by atoms with van der Waals surface area (Å²) < 4.78 is 0. The fourth-order valence-corrected chi connectivity index (χ4v) is 2.44. The normalized spacial score (nSPS) is 18.0. The second-order valence-electron chi connectivity index (χ2n) is 5.16. The van der Waals surface area contributed by atoms with Crippen molar-refractivity contribution in [1.29, 1.82) is 0 Å². The van der Waals surface area contributed by atoms with Gasteiger partial charge in [0.25, 0.3) is 0 Å². The molecule has 3 N–H and O–H groups in total. The van der Waals surface area contributed by atoms with E-state index in [-0.39, 0.29) is 11.9 Å². The number of carbonyl (C=O) groups excluding carboxylic acids is 1. The second-order valence-corrected chi connectivity index (χ2v) is 5.16. The molecule has 1 aromatic carbocycles. The van der Waals surface area contributed by atoms with E-state index in [9.17, 15) is 4.79 Å². The number of hydrogen-bond donors (Lipinski definition) is 2. The van der Waals surface area contributed by atoms with Gasteiger partial charge < -0.3 is 11.1 Å². The van der Waals surface area contributed by atoms with Gasteiger partial charge in [0.2, 0.25) is 5.91 Å². The highest BCUT2D eigenvalue weighted by atomic mass is 16.2. The summed E-state index contributed by atoms with van der Waals surface area (Å²) in [5.74, 6) is 0.0717. The van der Waals surface area contributed by atoms with Gasteiger partial charge in [-0.1, -0.05) is 18.6 Å². The van der Waals surface area contributed by atoms with Crippen LogP contribution < -0.4 is 11.1 Å². The second kappa shape index (κ2) is 6.68. The van der Waals surface area contributed by atoms with Gasteiger partial charge in [-0.05, 0) is 50.6 Å². The topological polar surface area (TPSA) is 58.4 Å². The van der Waals surface area contributed by atoms with Crippen LogP contribution in [0.25, 0.3) is 0 Å². The fraction of sp³-hybridized carbons (Fsp3) is 0.533. The monoisotopic (exact) mass is 261 g/mol. The van der Waals surface area contributed by atoms with Crippen molar-refractivity contribution < 1.29 is 4.79 Å².